The number of hydrogen-bond donors (Lipinski definition) is 1. The van der Waals surface area contributed by atoms with Gasteiger partial charge in [-0.15, -0.1) is 0 Å². The molecule has 0 amide bonds. The van der Waals surface area contributed by atoms with Gasteiger partial charge in [0, 0.05) is 24.3 Å². The Bertz CT molecular complexity index is 426. The molecule has 17 heavy (non-hydrogen) atoms. The molecule has 1 saturated heterocycles. The third kappa shape index (κ3) is 2.44. The van der Waals surface area contributed by atoms with Crippen molar-refractivity contribution in [3.05, 3.63) is 22.9 Å². The molecular formula is C14H22N2O. The standard InChI is InChI=1S/C14H22N2O/c1-10-7-11(2)15-13(12(10)8-17)16-6-5-14(3,4)9-16/h7,17H,5-6,8-9H2,1-4H3. The largest absolute Gasteiger partial charge is 0.392 e. The van der Waals surface area contributed by atoms with E-state index < -0.39 is 0 Å². The van der Waals surface area contributed by atoms with Crippen molar-refractivity contribution < 1.29 is 5.11 Å². The number of aryl methyl sites for hydroxylation is 2. The number of rotatable bonds is 2. The topological polar surface area (TPSA) is 36.4 Å². The van der Waals surface area contributed by atoms with Crippen LogP contribution in [-0.4, -0.2) is 23.2 Å². The van der Waals surface area contributed by atoms with Crippen LogP contribution in [0.3, 0.4) is 0 Å². The molecular weight excluding hydrogens is 212 g/mol. The zero-order valence-corrected chi connectivity index (χ0v) is 11.2. The van der Waals surface area contributed by atoms with Gasteiger partial charge in [-0.05, 0) is 37.3 Å². The lowest BCUT2D eigenvalue weighted by Gasteiger charge is -2.24. The highest BCUT2D eigenvalue weighted by Crippen LogP contribution is 2.34. The van der Waals surface area contributed by atoms with Gasteiger partial charge in [-0.25, -0.2) is 4.98 Å². The molecule has 2 heterocycles. The van der Waals surface area contributed by atoms with Crippen molar-refractivity contribution in [3.63, 3.8) is 0 Å². The van der Waals surface area contributed by atoms with Gasteiger partial charge in [-0.1, -0.05) is 13.8 Å². The first-order valence-corrected chi connectivity index (χ1v) is 6.26. The minimum Gasteiger partial charge on any atom is -0.392 e. The molecule has 3 heteroatoms. The first-order chi connectivity index (χ1) is 7.93. The zero-order chi connectivity index (χ0) is 12.6. The van der Waals surface area contributed by atoms with Gasteiger partial charge in [0.15, 0.2) is 0 Å². The van der Waals surface area contributed by atoms with Gasteiger partial charge in [-0.2, -0.15) is 0 Å². The van der Waals surface area contributed by atoms with Crippen molar-refractivity contribution in [2.75, 3.05) is 18.0 Å². The van der Waals surface area contributed by atoms with E-state index >= 15 is 0 Å². The van der Waals surface area contributed by atoms with E-state index in [-0.39, 0.29) is 6.61 Å². The molecule has 1 aliphatic rings. The van der Waals surface area contributed by atoms with Crippen LogP contribution in [0, 0.1) is 19.3 Å². The van der Waals surface area contributed by atoms with Crippen molar-refractivity contribution in [1.82, 2.24) is 4.98 Å². The van der Waals surface area contributed by atoms with E-state index in [9.17, 15) is 5.11 Å². The Morgan fingerprint density at radius 2 is 2.12 bits per heavy atom. The second-order valence-corrected chi connectivity index (χ2v) is 5.88. The van der Waals surface area contributed by atoms with Crippen LogP contribution in [0.2, 0.25) is 0 Å². The van der Waals surface area contributed by atoms with Crippen molar-refractivity contribution in [2.24, 2.45) is 5.41 Å². The molecule has 1 N–H and O–H groups in total. The maximum atomic E-state index is 9.51. The van der Waals surface area contributed by atoms with Crippen LogP contribution in [0.1, 0.15) is 37.1 Å². The summed E-state index contributed by atoms with van der Waals surface area (Å²) in [4.78, 5) is 6.93. The van der Waals surface area contributed by atoms with Crippen LogP contribution in [0.4, 0.5) is 5.82 Å². The van der Waals surface area contributed by atoms with Gasteiger partial charge in [0.1, 0.15) is 5.82 Å². The van der Waals surface area contributed by atoms with Crippen LogP contribution in [0.15, 0.2) is 6.07 Å². The highest BCUT2D eigenvalue weighted by Gasteiger charge is 2.31. The molecule has 0 spiro atoms. The number of aromatic nitrogens is 1. The molecule has 1 aliphatic heterocycles. The van der Waals surface area contributed by atoms with Crippen molar-refractivity contribution in [2.45, 2.75) is 40.7 Å². The normalized spacial score (nSPS) is 18.8. The lowest BCUT2D eigenvalue weighted by Crippen LogP contribution is -2.25. The van der Waals surface area contributed by atoms with Gasteiger partial charge in [0.2, 0.25) is 0 Å². The zero-order valence-electron chi connectivity index (χ0n) is 11.2. The first kappa shape index (κ1) is 12.4. The maximum absolute atomic E-state index is 9.51. The van der Waals surface area contributed by atoms with Gasteiger partial charge in [-0.3, -0.25) is 0 Å². The third-order valence-electron chi connectivity index (χ3n) is 3.59. The van der Waals surface area contributed by atoms with E-state index in [0.717, 1.165) is 35.7 Å². The molecule has 0 aliphatic carbocycles. The summed E-state index contributed by atoms with van der Waals surface area (Å²) in [5.74, 6) is 0.982. The van der Waals surface area contributed by atoms with Crippen LogP contribution in [-0.2, 0) is 6.61 Å². The first-order valence-electron chi connectivity index (χ1n) is 6.26. The Balaban J connectivity index is 2.38. The quantitative estimate of drug-likeness (QED) is 0.853. The third-order valence-corrected chi connectivity index (χ3v) is 3.59. The molecule has 1 fully saturated rings. The van der Waals surface area contributed by atoms with E-state index in [1.54, 1.807) is 0 Å². The Kier molecular flexibility index (Phi) is 3.13. The van der Waals surface area contributed by atoms with Crippen LogP contribution in [0.5, 0.6) is 0 Å². The molecule has 1 aromatic rings. The Morgan fingerprint density at radius 3 is 2.65 bits per heavy atom. The summed E-state index contributed by atoms with van der Waals surface area (Å²) in [7, 11) is 0. The summed E-state index contributed by atoms with van der Waals surface area (Å²) in [6.07, 6.45) is 1.19. The summed E-state index contributed by atoms with van der Waals surface area (Å²) in [6, 6.07) is 2.04. The van der Waals surface area contributed by atoms with Crippen LogP contribution < -0.4 is 4.90 Å². The minimum atomic E-state index is 0.0748. The number of pyridine rings is 1. The van der Waals surface area contributed by atoms with E-state index in [0.29, 0.717) is 5.41 Å². The van der Waals surface area contributed by atoms with Crippen LogP contribution in [0.25, 0.3) is 0 Å². The molecule has 94 valence electrons. The number of aliphatic hydroxyl groups is 1. The van der Waals surface area contributed by atoms with Crippen molar-refractivity contribution in [3.8, 4) is 0 Å². The van der Waals surface area contributed by atoms with Crippen LogP contribution >= 0.6 is 0 Å². The second-order valence-electron chi connectivity index (χ2n) is 5.88. The maximum Gasteiger partial charge on any atom is 0.134 e. The SMILES string of the molecule is Cc1cc(C)c(CO)c(N2CCC(C)(C)C2)n1. The van der Waals surface area contributed by atoms with E-state index in [1.165, 1.54) is 6.42 Å². The summed E-state index contributed by atoms with van der Waals surface area (Å²) in [5.41, 5.74) is 3.50. The lowest BCUT2D eigenvalue weighted by atomic mass is 9.93. The van der Waals surface area contributed by atoms with Gasteiger partial charge < -0.3 is 10.0 Å². The molecule has 3 nitrogen and oxygen atoms in total. The smallest absolute Gasteiger partial charge is 0.134 e. The molecule has 0 unspecified atom stereocenters. The Hall–Kier alpha value is -1.09. The number of nitrogens with zero attached hydrogens (tertiary/aromatic N) is 2. The highest BCUT2D eigenvalue weighted by atomic mass is 16.3. The molecule has 0 aromatic carbocycles. The van der Waals surface area contributed by atoms with Gasteiger partial charge >= 0.3 is 0 Å². The minimum absolute atomic E-state index is 0.0748. The fraction of sp³-hybridized carbons (Fsp3) is 0.643. The Labute approximate surface area is 103 Å². The molecule has 0 radical (unpaired) electrons. The van der Waals surface area contributed by atoms with E-state index in [1.807, 2.05) is 19.9 Å². The van der Waals surface area contributed by atoms with Gasteiger partial charge in [0.25, 0.3) is 0 Å². The van der Waals surface area contributed by atoms with Crippen molar-refractivity contribution in [1.29, 1.82) is 0 Å². The number of hydrogen-bond acceptors (Lipinski definition) is 3. The number of aliphatic hydroxyl groups excluding tert-OH is 1. The fourth-order valence-electron chi connectivity index (χ4n) is 2.59. The predicted molar refractivity (Wildman–Crippen MR) is 70.2 cm³/mol. The summed E-state index contributed by atoms with van der Waals surface area (Å²) < 4.78 is 0. The molecule has 0 atom stereocenters. The molecule has 1 aromatic heterocycles. The van der Waals surface area contributed by atoms with E-state index in [2.05, 4.69) is 23.7 Å². The Morgan fingerprint density at radius 1 is 1.41 bits per heavy atom. The summed E-state index contributed by atoms with van der Waals surface area (Å²) in [5, 5.41) is 9.51. The monoisotopic (exact) mass is 234 g/mol. The average Bonchev–Trinajstić information content (AvgIpc) is 2.57. The highest BCUT2D eigenvalue weighted by molar-refractivity contribution is 5.52. The number of anilines is 1. The molecule has 0 bridgehead atoms. The second kappa shape index (κ2) is 4.30. The lowest BCUT2D eigenvalue weighted by molar-refractivity contribution is 0.280. The van der Waals surface area contributed by atoms with Gasteiger partial charge in [0.05, 0.1) is 6.61 Å². The molecule has 2 rings (SSSR count). The van der Waals surface area contributed by atoms with Crippen molar-refractivity contribution >= 4 is 5.82 Å². The fourth-order valence-corrected chi connectivity index (χ4v) is 2.59. The predicted octanol–water partition coefficient (Wildman–Crippen LogP) is 2.43. The summed E-state index contributed by atoms with van der Waals surface area (Å²) >= 11 is 0. The van der Waals surface area contributed by atoms with E-state index in [4.69, 9.17) is 0 Å². The molecule has 0 saturated carbocycles. The summed E-state index contributed by atoms with van der Waals surface area (Å²) in [6.45, 7) is 10.8. The average molecular weight is 234 g/mol.